The van der Waals surface area contributed by atoms with Crippen molar-refractivity contribution in [3.8, 4) is 11.5 Å². The fourth-order valence-electron chi connectivity index (χ4n) is 6.22. The van der Waals surface area contributed by atoms with Gasteiger partial charge in [-0.05, 0) is 80.0 Å². The van der Waals surface area contributed by atoms with Crippen molar-refractivity contribution in [1.82, 2.24) is 0 Å². The molecule has 2 N–H and O–H groups in total. The molecule has 2 aliphatic carbocycles. The van der Waals surface area contributed by atoms with E-state index in [4.69, 9.17) is 9.47 Å². The zero-order chi connectivity index (χ0) is 23.2. The van der Waals surface area contributed by atoms with Crippen LogP contribution in [0.5, 0.6) is 11.5 Å². The number of carbonyl (C=O) groups is 2. The minimum atomic E-state index is -1.17. The fraction of sp³-hybridized carbons (Fsp3) is 0.680. The molecule has 2 fully saturated rings. The Kier molecular flexibility index (Phi) is 6.29. The predicted octanol–water partition coefficient (Wildman–Crippen LogP) is 4.04. The van der Waals surface area contributed by atoms with Crippen LogP contribution in [0.3, 0.4) is 0 Å². The first-order valence-electron chi connectivity index (χ1n) is 11.2. The summed E-state index contributed by atoms with van der Waals surface area (Å²) in [5.41, 5.74) is -1.00. The van der Waals surface area contributed by atoms with Gasteiger partial charge >= 0.3 is 11.9 Å². The average molecular weight is 433 g/mol. The fourth-order valence-corrected chi connectivity index (χ4v) is 6.22. The van der Waals surface area contributed by atoms with E-state index >= 15 is 0 Å². The van der Waals surface area contributed by atoms with Gasteiger partial charge in [0.2, 0.25) is 0 Å². The van der Waals surface area contributed by atoms with Crippen LogP contribution in [0.2, 0.25) is 0 Å². The minimum absolute atomic E-state index is 0.171. The standard InChI is InChI=1S/C25H36O6/c1-15-11-12-24(5)21(9-10-22(28)25(24,6)29)23(15,4)14-18-13-19(30-16(2)26)7-8-20(18)31-17(3)27/h7-8,13,15,21-22,28-29H,9-12,14H2,1-6H3/t15-,21-,22-,23-,24-,25-/m1/s1. The Hall–Kier alpha value is -1.92. The van der Waals surface area contributed by atoms with Gasteiger partial charge in [0.15, 0.2) is 0 Å². The molecule has 0 radical (unpaired) electrons. The topological polar surface area (TPSA) is 93.1 Å². The highest BCUT2D eigenvalue weighted by atomic mass is 16.5. The molecule has 3 rings (SSSR count). The van der Waals surface area contributed by atoms with Crippen molar-refractivity contribution in [3.63, 3.8) is 0 Å². The van der Waals surface area contributed by atoms with Gasteiger partial charge in [0, 0.05) is 19.3 Å². The first-order valence-corrected chi connectivity index (χ1v) is 11.2. The van der Waals surface area contributed by atoms with Crippen LogP contribution in [-0.4, -0.2) is 33.9 Å². The van der Waals surface area contributed by atoms with Crippen LogP contribution in [0.1, 0.15) is 72.8 Å². The van der Waals surface area contributed by atoms with Crippen molar-refractivity contribution in [2.75, 3.05) is 0 Å². The van der Waals surface area contributed by atoms with Crippen molar-refractivity contribution in [2.45, 2.75) is 85.4 Å². The van der Waals surface area contributed by atoms with Crippen LogP contribution in [0.25, 0.3) is 0 Å². The van der Waals surface area contributed by atoms with Gasteiger partial charge in [-0.15, -0.1) is 0 Å². The monoisotopic (exact) mass is 432 g/mol. The number of rotatable bonds is 4. The number of hydrogen-bond acceptors (Lipinski definition) is 6. The first-order chi connectivity index (χ1) is 14.3. The Morgan fingerprint density at radius 1 is 1.06 bits per heavy atom. The van der Waals surface area contributed by atoms with Crippen molar-refractivity contribution in [3.05, 3.63) is 23.8 Å². The van der Waals surface area contributed by atoms with Crippen LogP contribution in [-0.2, 0) is 16.0 Å². The second-order valence-electron chi connectivity index (χ2n) is 10.3. The summed E-state index contributed by atoms with van der Waals surface area (Å²) in [4.78, 5) is 23.2. The molecule has 0 saturated heterocycles. The van der Waals surface area contributed by atoms with E-state index in [-0.39, 0.29) is 11.3 Å². The van der Waals surface area contributed by atoms with E-state index < -0.39 is 29.1 Å². The number of ether oxygens (including phenoxy) is 2. The van der Waals surface area contributed by atoms with E-state index in [0.717, 1.165) is 24.8 Å². The molecule has 2 aliphatic rings. The van der Waals surface area contributed by atoms with E-state index in [2.05, 4.69) is 20.8 Å². The van der Waals surface area contributed by atoms with Gasteiger partial charge in [0.1, 0.15) is 11.5 Å². The van der Waals surface area contributed by atoms with Crippen LogP contribution >= 0.6 is 0 Å². The number of fused-ring (bicyclic) bond motifs is 1. The molecule has 0 unspecified atom stereocenters. The van der Waals surface area contributed by atoms with Crippen molar-refractivity contribution >= 4 is 11.9 Å². The summed E-state index contributed by atoms with van der Waals surface area (Å²) < 4.78 is 10.8. The summed E-state index contributed by atoms with van der Waals surface area (Å²) >= 11 is 0. The number of hydrogen-bond donors (Lipinski definition) is 2. The van der Waals surface area contributed by atoms with E-state index in [1.807, 2.05) is 0 Å². The van der Waals surface area contributed by atoms with E-state index in [1.165, 1.54) is 13.8 Å². The highest BCUT2D eigenvalue weighted by molar-refractivity contribution is 5.71. The molecule has 1 aromatic carbocycles. The van der Waals surface area contributed by atoms with Crippen LogP contribution in [0, 0.1) is 22.7 Å². The lowest BCUT2D eigenvalue weighted by molar-refractivity contribution is -0.234. The number of aliphatic hydroxyl groups is 2. The smallest absolute Gasteiger partial charge is 0.308 e. The summed E-state index contributed by atoms with van der Waals surface area (Å²) in [7, 11) is 0. The normalized spacial score (nSPS) is 37.6. The van der Waals surface area contributed by atoms with Gasteiger partial charge in [-0.3, -0.25) is 9.59 Å². The summed E-state index contributed by atoms with van der Waals surface area (Å²) in [6.45, 7) is 11.1. The highest BCUT2D eigenvalue weighted by Crippen LogP contribution is 2.64. The number of aliphatic hydroxyl groups excluding tert-OH is 1. The largest absolute Gasteiger partial charge is 0.427 e. The maximum absolute atomic E-state index is 11.7. The number of esters is 2. The number of carbonyl (C=O) groups excluding carboxylic acids is 2. The molecular formula is C25H36O6. The molecule has 0 amide bonds. The van der Waals surface area contributed by atoms with Gasteiger partial charge in [-0.2, -0.15) is 0 Å². The van der Waals surface area contributed by atoms with Crippen molar-refractivity contribution in [1.29, 1.82) is 0 Å². The summed E-state index contributed by atoms with van der Waals surface area (Å²) in [5.74, 6) is 0.597. The molecule has 0 bridgehead atoms. The van der Waals surface area contributed by atoms with Crippen molar-refractivity contribution < 1.29 is 29.3 Å². The van der Waals surface area contributed by atoms with Crippen LogP contribution < -0.4 is 9.47 Å². The Bertz CT molecular complexity index is 862. The van der Waals surface area contributed by atoms with E-state index in [1.54, 1.807) is 25.1 Å². The molecule has 0 aromatic heterocycles. The van der Waals surface area contributed by atoms with E-state index in [9.17, 15) is 19.8 Å². The molecule has 6 nitrogen and oxygen atoms in total. The second kappa shape index (κ2) is 8.21. The zero-order valence-electron chi connectivity index (χ0n) is 19.5. The Balaban J connectivity index is 2.04. The summed E-state index contributed by atoms with van der Waals surface area (Å²) in [6, 6.07) is 5.08. The summed E-state index contributed by atoms with van der Waals surface area (Å²) in [6.07, 6.45) is 3.02. The second-order valence-corrected chi connectivity index (χ2v) is 10.3. The molecule has 172 valence electrons. The maximum atomic E-state index is 11.7. The first kappa shape index (κ1) is 23.7. The molecule has 6 heteroatoms. The van der Waals surface area contributed by atoms with Crippen molar-refractivity contribution in [2.24, 2.45) is 22.7 Å². The molecule has 1 aromatic rings. The van der Waals surface area contributed by atoms with Gasteiger partial charge in [0.05, 0.1) is 11.7 Å². The molecule has 2 saturated carbocycles. The Morgan fingerprint density at radius 3 is 2.32 bits per heavy atom. The molecule has 0 heterocycles. The molecular weight excluding hydrogens is 396 g/mol. The third-order valence-corrected chi connectivity index (χ3v) is 8.44. The molecule has 6 atom stereocenters. The quantitative estimate of drug-likeness (QED) is 0.551. The third kappa shape index (κ3) is 4.12. The van der Waals surface area contributed by atoms with Crippen LogP contribution in [0.4, 0.5) is 0 Å². The third-order valence-electron chi connectivity index (χ3n) is 8.44. The van der Waals surface area contributed by atoms with Gasteiger partial charge in [0.25, 0.3) is 0 Å². The van der Waals surface area contributed by atoms with Gasteiger partial charge < -0.3 is 19.7 Å². The number of benzene rings is 1. The average Bonchev–Trinajstić information content (AvgIpc) is 2.65. The zero-order valence-corrected chi connectivity index (χ0v) is 19.5. The van der Waals surface area contributed by atoms with Gasteiger partial charge in [-0.25, -0.2) is 0 Å². The lowest BCUT2D eigenvalue weighted by Gasteiger charge is -2.64. The Morgan fingerprint density at radius 2 is 1.71 bits per heavy atom. The van der Waals surface area contributed by atoms with Gasteiger partial charge in [-0.1, -0.05) is 20.8 Å². The van der Waals surface area contributed by atoms with E-state index in [0.29, 0.717) is 30.3 Å². The SMILES string of the molecule is CC(=O)Oc1ccc(OC(C)=O)c(C[C@]2(C)[C@H](C)CC[C@]3(C)[C@@H]2CC[C@@H](O)[C@@]3(C)O)c1. The predicted molar refractivity (Wildman–Crippen MR) is 117 cm³/mol. The highest BCUT2D eigenvalue weighted by Gasteiger charge is 2.62. The minimum Gasteiger partial charge on any atom is -0.427 e. The van der Waals surface area contributed by atoms with Crippen LogP contribution in [0.15, 0.2) is 18.2 Å². The Labute approximate surface area is 184 Å². The molecule has 0 spiro atoms. The maximum Gasteiger partial charge on any atom is 0.308 e. The lowest BCUT2D eigenvalue weighted by Crippen LogP contribution is -2.65. The summed E-state index contributed by atoms with van der Waals surface area (Å²) in [5, 5.41) is 21.9. The molecule has 0 aliphatic heterocycles. The lowest BCUT2D eigenvalue weighted by atomic mass is 9.43. The molecule has 31 heavy (non-hydrogen) atoms.